The molecule has 0 aliphatic carbocycles. The molecule has 1 N–H and O–H groups in total. The van der Waals surface area contributed by atoms with Crippen molar-refractivity contribution in [2.75, 3.05) is 13.1 Å². The minimum Gasteiger partial charge on any atom is -0.550 e. The second kappa shape index (κ2) is 7.03. The van der Waals surface area contributed by atoms with Gasteiger partial charge >= 0.3 is 0 Å². The number of aliphatic carboxylic acids is 1. The van der Waals surface area contributed by atoms with Crippen LogP contribution < -0.4 is 10.0 Å². The maximum atomic E-state index is 10.6. The average Bonchev–Trinajstić information content (AvgIpc) is 2.97. The van der Waals surface area contributed by atoms with Crippen LogP contribution in [0.4, 0.5) is 0 Å². The number of rotatable bonds is 5. The number of nitrogens with one attached hydrogen (secondary N) is 1. The van der Waals surface area contributed by atoms with Crippen LogP contribution in [0.1, 0.15) is 30.5 Å². The van der Waals surface area contributed by atoms with Crippen molar-refractivity contribution in [3.63, 3.8) is 0 Å². The zero-order valence-corrected chi connectivity index (χ0v) is 13.3. The van der Waals surface area contributed by atoms with E-state index in [4.69, 9.17) is 0 Å². The van der Waals surface area contributed by atoms with E-state index in [1.54, 1.807) is 10.3 Å². The molecule has 1 aromatic carbocycles. The molecule has 0 bridgehead atoms. The summed E-state index contributed by atoms with van der Waals surface area (Å²) in [6.07, 6.45) is 3.94. The fourth-order valence-electron chi connectivity index (χ4n) is 2.95. The third kappa shape index (κ3) is 3.93. The number of aromatic nitrogens is 1. The Balaban J connectivity index is 1.65. The first-order valence-electron chi connectivity index (χ1n) is 7.78. The van der Waals surface area contributed by atoms with Gasteiger partial charge in [-0.1, -0.05) is 24.3 Å². The Morgan fingerprint density at radius 1 is 1.18 bits per heavy atom. The zero-order chi connectivity index (χ0) is 15.4. The molecular weight excluding hydrogens is 296 g/mol. The topological polar surface area (TPSA) is 57.5 Å². The molecule has 1 aliphatic rings. The van der Waals surface area contributed by atoms with Crippen LogP contribution in [-0.4, -0.2) is 24.0 Å². The first kappa shape index (κ1) is 15.2. The van der Waals surface area contributed by atoms with Crippen molar-refractivity contribution in [3.8, 4) is 10.6 Å². The molecule has 1 saturated heterocycles. The molecule has 0 atom stereocenters. The Morgan fingerprint density at radius 3 is 2.59 bits per heavy atom. The third-order valence-electron chi connectivity index (χ3n) is 4.09. The first-order valence-corrected chi connectivity index (χ1v) is 8.66. The summed E-state index contributed by atoms with van der Waals surface area (Å²) in [6.45, 7) is 3.65. The number of carboxylic acids is 1. The Kier molecular flexibility index (Phi) is 4.85. The Bertz CT molecular complexity index is 630. The molecule has 2 aromatic rings. The van der Waals surface area contributed by atoms with Gasteiger partial charge in [-0.15, -0.1) is 11.3 Å². The lowest BCUT2D eigenvalue weighted by Gasteiger charge is -2.23. The van der Waals surface area contributed by atoms with Gasteiger partial charge in [0.2, 0.25) is 0 Å². The molecule has 0 amide bonds. The van der Waals surface area contributed by atoms with E-state index in [1.807, 2.05) is 0 Å². The second-order valence-electron chi connectivity index (χ2n) is 5.88. The monoisotopic (exact) mass is 316 g/mol. The van der Waals surface area contributed by atoms with E-state index in [0.717, 1.165) is 17.1 Å². The summed E-state index contributed by atoms with van der Waals surface area (Å²) in [5, 5.41) is 13.3. The van der Waals surface area contributed by atoms with Crippen molar-refractivity contribution in [2.24, 2.45) is 0 Å². The number of hydrogen-bond acceptors (Lipinski definition) is 4. The summed E-state index contributed by atoms with van der Waals surface area (Å²) < 4.78 is 0. The number of thiazole rings is 1. The van der Waals surface area contributed by atoms with Crippen LogP contribution in [0.25, 0.3) is 10.6 Å². The molecular formula is C17H20N2O2S. The van der Waals surface area contributed by atoms with Gasteiger partial charge in [0.15, 0.2) is 0 Å². The molecule has 2 heterocycles. The maximum Gasteiger partial charge on any atom is 0.123 e. The van der Waals surface area contributed by atoms with E-state index < -0.39 is 5.97 Å². The van der Waals surface area contributed by atoms with Crippen LogP contribution in [0, 0.1) is 0 Å². The van der Waals surface area contributed by atoms with E-state index in [2.05, 4.69) is 29.2 Å². The summed E-state index contributed by atoms with van der Waals surface area (Å²) in [7, 11) is 0. The molecule has 22 heavy (non-hydrogen) atoms. The number of carbonyl (C=O) groups is 1. The minimum atomic E-state index is -1.09. The quantitative estimate of drug-likeness (QED) is 0.882. The summed E-state index contributed by atoms with van der Waals surface area (Å²) in [4.78, 5) is 16.6. The Labute approximate surface area is 134 Å². The lowest BCUT2D eigenvalue weighted by atomic mass is 10.1. The number of quaternary nitrogens is 1. The van der Waals surface area contributed by atoms with Gasteiger partial charge in [-0.2, -0.15) is 0 Å². The van der Waals surface area contributed by atoms with Gasteiger partial charge < -0.3 is 14.8 Å². The molecule has 1 aliphatic heterocycles. The first-order chi connectivity index (χ1) is 10.7. The summed E-state index contributed by atoms with van der Waals surface area (Å²) in [5.41, 5.74) is 2.97. The van der Waals surface area contributed by atoms with Gasteiger partial charge in [-0.05, 0) is 19.3 Å². The summed E-state index contributed by atoms with van der Waals surface area (Å²) >= 11 is 1.48. The number of hydrogen-bond donors (Lipinski definition) is 1. The highest BCUT2D eigenvalue weighted by Crippen LogP contribution is 2.24. The normalized spacial score (nSPS) is 15.8. The van der Waals surface area contributed by atoms with Gasteiger partial charge in [-0.25, -0.2) is 4.98 Å². The predicted octanol–water partition coefficient (Wildman–Crippen LogP) is 0.671. The Morgan fingerprint density at radius 2 is 1.91 bits per heavy atom. The summed E-state index contributed by atoms with van der Waals surface area (Å²) in [6, 6.07) is 8.49. The molecule has 116 valence electrons. The molecule has 0 radical (unpaired) electrons. The van der Waals surface area contributed by atoms with E-state index >= 15 is 0 Å². The van der Waals surface area contributed by atoms with Gasteiger partial charge in [-0.3, -0.25) is 0 Å². The SMILES string of the molecule is O=C([O-])Cc1csc(-c2ccc(C[NH+]3CCCCC3)cc2)n1. The van der Waals surface area contributed by atoms with E-state index in [-0.39, 0.29) is 6.42 Å². The lowest BCUT2D eigenvalue weighted by Crippen LogP contribution is -3.11. The highest BCUT2D eigenvalue weighted by atomic mass is 32.1. The molecule has 0 unspecified atom stereocenters. The highest BCUT2D eigenvalue weighted by Gasteiger charge is 2.14. The summed E-state index contributed by atoms with van der Waals surface area (Å²) in [5.74, 6) is -1.09. The average molecular weight is 316 g/mol. The van der Waals surface area contributed by atoms with Gasteiger partial charge in [0.25, 0.3) is 0 Å². The van der Waals surface area contributed by atoms with E-state index in [9.17, 15) is 9.90 Å². The molecule has 3 rings (SSSR count). The third-order valence-corrected chi connectivity index (χ3v) is 5.03. The fourth-order valence-corrected chi connectivity index (χ4v) is 3.78. The molecule has 5 heteroatoms. The van der Waals surface area contributed by atoms with Gasteiger partial charge in [0.1, 0.15) is 11.6 Å². The van der Waals surface area contributed by atoms with Crippen molar-refractivity contribution in [1.82, 2.24) is 4.98 Å². The smallest absolute Gasteiger partial charge is 0.123 e. The minimum absolute atomic E-state index is 0.118. The predicted molar refractivity (Wildman–Crippen MR) is 84.5 cm³/mol. The van der Waals surface area contributed by atoms with Gasteiger partial charge in [0, 0.05) is 28.9 Å². The number of nitrogens with zero attached hydrogens (tertiary/aromatic N) is 1. The zero-order valence-electron chi connectivity index (χ0n) is 12.5. The fraction of sp³-hybridized carbons (Fsp3) is 0.412. The van der Waals surface area contributed by atoms with Crippen molar-refractivity contribution in [3.05, 3.63) is 40.9 Å². The van der Waals surface area contributed by atoms with E-state index in [0.29, 0.717) is 5.69 Å². The lowest BCUT2D eigenvalue weighted by molar-refractivity contribution is -0.918. The van der Waals surface area contributed by atoms with Crippen LogP contribution in [0.15, 0.2) is 29.6 Å². The van der Waals surface area contributed by atoms with Crippen LogP contribution >= 0.6 is 11.3 Å². The van der Waals surface area contributed by atoms with Crippen molar-refractivity contribution in [1.29, 1.82) is 0 Å². The molecule has 1 fully saturated rings. The van der Waals surface area contributed by atoms with E-state index in [1.165, 1.54) is 49.3 Å². The molecule has 0 spiro atoms. The molecule has 0 saturated carbocycles. The number of likely N-dealkylation sites (tertiary alicyclic amines) is 1. The van der Waals surface area contributed by atoms with Crippen LogP contribution in [0.2, 0.25) is 0 Å². The largest absolute Gasteiger partial charge is 0.550 e. The van der Waals surface area contributed by atoms with Gasteiger partial charge in [0.05, 0.1) is 18.8 Å². The molecule has 1 aromatic heterocycles. The van der Waals surface area contributed by atoms with Crippen LogP contribution in [0.3, 0.4) is 0 Å². The van der Waals surface area contributed by atoms with Crippen LogP contribution in [0.5, 0.6) is 0 Å². The highest BCUT2D eigenvalue weighted by molar-refractivity contribution is 7.13. The van der Waals surface area contributed by atoms with Crippen molar-refractivity contribution >= 4 is 17.3 Å². The number of benzene rings is 1. The molecule has 4 nitrogen and oxygen atoms in total. The van der Waals surface area contributed by atoms with Crippen molar-refractivity contribution in [2.45, 2.75) is 32.2 Å². The number of carboxylic acid groups (broad SMARTS) is 1. The maximum absolute atomic E-state index is 10.6. The standard InChI is InChI=1S/C17H20N2O2S/c20-16(21)10-15-12-22-17(18-15)14-6-4-13(5-7-14)11-19-8-2-1-3-9-19/h4-7,12H,1-3,8-11H2,(H,20,21). The van der Waals surface area contributed by atoms with Crippen LogP contribution in [-0.2, 0) is 17.8 Å². The number of carbonyl (C=O) groups excluding carboxylic acids is 1. The number of piperidine rings is 1. The second-order valence-corrected chi connectivity index (χ2v) is 6.74. The van der Waals surface area contributed by atoms with Crippen molar-refractivity contribution < 1.29 is 14.8 Å². The Hall–Kier alpha value is -1.72.